The van der Waals surface area contributed by atoms with Crippen molar-refractivity contribution in [3.05, 3.63) is 35.4 Å². The zero-order valence-corrected chi connectivity index (χ0v) is 11.6. The lowest BCUT2D eigenvalue weighted by Crippen LogP contribution is -2.42. The van der Waals surface area contributed by atoms with Gasteiger partial charge in [0, 0.05) is 13.0 Å². The van der Waals surface area contributed by atoms with E-state index in [9.17, 15) is 9.59 Å². The summed E-state index contributed by atoms with van der Waals surface area (Å²) < 4.78 is 0. The zero-order valence-electron chi connectivity index (χ0n) is 11.6. The highest BCUT2D eigenvalue weighted by atomic mass is 16.4. The van der Waals surface area contributed by atoms with Gasteiger partial charge in [-0.15, -0.1) is 0 Å². The van der Waals surface area contributed by atoms with E-state index in [-0.39, 0.29) is 18.0 Å². The van der Waals surface area contributed by atoms with Gasteiger partial charge in [0.25, 0.3) is 0 Å². The van der Waals surface area contributed by atoms with Gasteiger partial charge in [0.1, 0.15) is 0 Å². The first-order valence-corrected chi connectivity index (χ1v) is 6.84. The number of aliphatic carboxylic acids is 1. The Morgan fingerprint density at radius 3 is 2.76 bits per heavy atom. The molecule has 6 nitrogen and oxygen atoms in total. The van der Waals surface area contributed by atoms with Crippen LogP contribution in [-0.4, -0.2) is 23.7 Å². The van der Waals surface area contributed by atoms with Gasteiger partial charge in [0.15, 0.2) is 0 Å². The van der Waals surface area contributed by atoms with Crippen LogP contribution < -0.4 is 10.6 Å². The van der Waals surface area contributed by atoms with Gasteiger partial charge >= 0.3 is 12.0 Å². The molecule has 1 aliphatic rings. The van der Waals surface area contributed by atoms with Crippen molar-refractivity contribution in [2.45, 2.75) is 31.2 Å². The number of nitriles is 1. The van der Waals surface area contributed by atoms with Gasteiger partial charge in [-0.05, 0) is 37.0 Å². The highest BCUT2D eigenvalue weighted by molar-refractivity contribution is 5.75. The minimum atomic E-state index is -0.871. The average molecular weight is 287 g/mol. The van der Waals surface area contributed by atoms with Gasteiger partial charge in [-0.3, -0.25) is 4.79 Å². The zero-order chi connectivity index (χ0) is 15.3. The maximum Gasteiger partial charge on any atom is 0.315 e. The molecule has 21 heavy (non-hydrogen) atoms. The number of carboxylic acid groups (broad SMARTS) is 1. The summed E-state index contributed by atoms with van der Waals surface area (Å²) in [6.07, 6.45) is 2.12. The Bertz CT molecular complexity index is 588. The Morgan fingerprint density at radius 2 is 2.14 bits per heavy atom. The second kappa shape index (κ2) is 6.27. The van der Waals surface area contributed by atoms with E-state index in [2.05, 4.69) is 16.7 Å². The number of urea groups is 1. The summed E-state index contributed by atoms with van der Waals surface area (Å²) >= 11 is 0. The number of hydrogen-bond acceptors (Lipinski definition) is 3. The fraction of sp³-hybridized carbons (Fsp3) is 0.400. The molecule has 1 aromatic carbocycles. The molecule has 1 aromatic rings. The first-order chi connectivity index (χ1) is 10.1. The number of hydrogen-bond donors (Lipinski definition) is 3. The minimum Gasteiger partial charge on any atom is -0.481 e. The van der Waals surface area contributed by atoms with Crippen molar-refractivity contribution in [3.63, 3.8) is 0 Å². The molecule has 0 aromatic heterocycles. The first kappa shape index (κ1) is 14.9. The lowest BCUT2D eigenvalue weighted by Gasteiger charge is -2.18. The number of nitrogens with zero attached hydrogens (tertiary/aromatic N) is 1. The van der Waals surface area contributed by atoms with E-state index in [1.807, 2.05) is 6.07 Å². The van der Waals surface area contributed by atoms with Crippen molar-refractivity contribution in [2.24, 2.45) is 0 Å². The number of amides is 2. The normalized spacial score (nSPS) is 14.8. The van der Waals surface area contributed by atoms with Crippen molar-refractivity contribution in [1.29, 1.82) is 5.26 Å². The molecule has 0 radical (unpaired) electrons. The molecule has 0 atom stereocenters. The molecule has 0 saturated heterocycles. The monoisotopic (exact) mass is 287 g/mol. The largest absolute Gasteiger partial charge is 0.481 e. The molecule has 6 heteroatoms. The first-order valence-electron chi connectivity index (χ1n) is 6.84. The van der Waals surface area contributed by atoms with Crippen LogP contribution in [0.4, 0.5) is 4.79 Å². The maximum absolute atomic E-state index is 11.8. The summed E-state index contributed by atoms with van der Waals surface area (Å²) in [6.45, 7) is 0.326. The molecule has 110 valence electrons. The third-order valence-electron chi connectivity index (χ3n) is 3.50. The molecule has 0 spiro atoms. The molecule has 2 amide bonds. The van der Waals surface area contributed by atoms with Crippen LogP contribution in [0.25, 0.3) is 0 Å². The molecule has 1 fully saturated rings. The average Bonchev–Trinajstić information content (AvgIpc) is 3.24. The lowest BCUT2D eigenvalue weighted by molar-refractivity contribution is -0.137. The van der Waals surface area contributed by atoms with Crippen LogP contribution in [0.15, 0.2) is 24.3 Å². The lowest BCUT2D eigenvalue weighted by atomic mass is 10.0. The molecule has 3 N–H and O–H groups in total. The highest BCUT2D eigenvalue weighted by Gasteiger charge is 2.45. The number of carbonyl (C=O) groups is 2. The van der Waals surface area contributed by atoms with Crippen LogP contribution in [0.5, 0.6) is 0 Å². The van der Waals surface area contributed by atoms with Gasteiger partial charge in [-0.1, -0.05) is 12.1 Å². The summed E-state index contributed by atoms with van der Waals surface area (Å²) in [4.78, 5) is 22.2. The Hall–Kier alpha value is -2.55. The summed E-state index contributed by atoms with van der Waals surface area (Å²) in [5.74, 6) is -0.871. The fourth-order valence-corrected chi connectivity index (χ4v) is 2.20. The van der Waals surface area contributed by atoms with Crippen LogP contribution in [0.3, 0.4) is 0 Å². The molecule has 0 heterocycles. The van der Waals surface area contributed by atoms with Crippen LogP contribution in [0.2, 0.25) is 0 Å². The quantitative estimate of drug-likeness (QED) is 0.693. The van der Waals surface area contributed by atoms with E-state index < -0.39 is 5.97 Å². The van der Waals surface area contributed by atoms with Gasteiger partial charge in [0.2, 0.25) is 0 Å². The Balaban J connectivity index is 1.88. The summed E-state index contributed by atoms with van der Waals surface area (Å²) in [6, 6.07) is 9.01. The number of carboxylic acids is 1. The van der Waals surface area contributed by atoms with Gasteiger partial charge in [-0.2, -0.15) is 5.26 Å². The molecule has 1 saturated carbocycles. The molecule has 0 bridgehead atoms. The van der Waals surface area contributed by atoms with Gasteiger partial charge < -0.3 is 15.7 Å². The molecule has 1 aliphatic carbocycles. The number of nitrogens with one attached hydrogen (secondary N) is 2. The third-order valence-corrected chi connectivity index (χ3v) is 3.50. The molecule has 0 aliphatic heterocycles. The van der Waals surface area contributed by atoms with Crippen molar-refractivity contribution in [2.75, 3.05) is 6.54 Å². The van der Waals surface area contributed by atoms with Crippen LogP contribution in [0.1, 0.15) is 36.8 Å². The number of rotatable bonds is 6. The second-order valence-electron chi connectivity index (χ2n) is 5.15. The van der Waals surface area contributed by atoms with Crippen molar-refractivity contribution in [3.8, 4) is 6.07 Å². The van der Waals surface area contributed by atoms with E-state index in [0.29, 0.717) is 18.5 Å². The number of carbonyl (C=O) groups excluding carboxylic acids is 1. The van der Waals surface area contributed by atoms with E-state index >= 15 is 0 Å². The van der Waals surface area contributed by atoms with E-state index in [0.717, 1.165) is 18.4 Å². The summed E-state index contributed by atoms with van der Waals surface area (Å²) in [5.41, 5.74) is 1.12. The Kier molecular flexibility index (Phi) is 4.43. The highest BCUT2D eigenvalue weighted by Crippen LogP contribution is 2.45. The minimum absolute atomic E-state index is 0.0373. The topological polar surface area (TPSA) is 102 Å². The molecule has 0 unspecified atom stereocenters. The Labute approximate surface area is 122 Å². The van der Waals surface area contributed by atoms with Crippen LogP contribution in [0, 0.1) is 11.3 Å². The smallest absolute Gasteiger partial charge is 0.315 e. The Morgan fingerprint density at radius 1 is 1.38 bits per heavy atom. The summed E-state index contributed by atoms with van der Waals surface area (Å²) in [7, 11) is 0. The third kappa shape index (κ3) is 3.96. The van der Waals surface area contributed by atoms with Crippen molar-refractivity contribution in [1.82, 2.24) is 10.6 Å². The van der Waals surface area contributed by atoms with Crippen molar-refractivity contribution < 1.29 is 14.7 Å². The van der Waals surface area contributed by atoms with Gasteiger partial charge in [-0.25, -0.2) is 4.79 Å². The second-order valence-corrected chi connectivity index (χ2v) is 5.15. The summed E-state index contributed by atoms with van der Waals surface area (Å²) in [5, 5.41) is 23.0. The molecule has 2 rings (SSSR count). The predicted octanol–water partition coefficient (Wildman–Crippen LogP) is 1.71. The predicted molar refractivity (Wildman–Crippen MR) is 75.5 cm³/mol. The van der Waals surface area contributed by atoms with Crippen LogP contribution >= 0.6 is 0 Å². The van der Waals surface area contributed by atoms with E-state index in [4.69, 9.17) is 10.4 Å². The molecular formula is C15H17N3O3. The van der Waals surface area contributed by atoms with Crippen molar-refractivity contribution >= 4 is 12.0 Å². The standard InChI is InChI=1S/C15H17N3O3/c16-10-11-3-1-4-12(9-11)15(6-7-15)18-14(21)17-8-2-5-13(19)20/h1,3-4,9H,2,5-8H2,(H,19,20)(H2,17,18,21). The SMILES string of the molecule is N#Cc1cccc(C2(NC(=O)NCCCC(=O)O)CC2)c1. The maximum atomic E-state index is 11.8. The molecular weight excluding hydrogens is 270 g/mol. The van der Waals surface area contributed by atoms with Gasteiger partial charge in [0.05, 0.1) is 17.2 Å². The van der Waals surface area contributed by atoms with Crippen LogP contribution in [-0.2, 0) is 10.3 Å². The number of benzene rings is 1. The van der Waals surface area contributed by atoms with E-state index in [1.165, 1.54) is 0 Å². The fourth-order valence-electron chi connectivity index (χ4n) is 2.20. The van der Waals surface area contributed by atoms with E-state index in [1.54, 1.807) is 18.2 Å².